The third-order valence-corrected chi connectivity index (χ3v) is 5.16. The minimum atomic E-state index is -0.848. The Balaban J connectivity index is 1.93. The van der Waals surface area contributed by atoms with Crippen molar-refractivity contribution < 1.29 is 14.6 Å². The third kappa shape index (κ3) is 3.82. The van der Waals surface area contributed by atoms with Gasteiger partial charge >= 0.3 is 5.97 Å². The number of aliphatic carboxylic acids is 1. The van der Waals surface area contributed by atoms with Crippen molar-refractivity contribution in [2.45, 2.75) is 12.0 Å². The van der Waals surface area contributed by atoms with Gasteiger partial charge in [-0.25, -0.2) is 0 Å². The summed E-state index contributed by atoms with van der Waals surface area (Å²) in [6, 6.07) is 13.5. The van der Waals surface area contributed by atoms with Crippen molar-refractivity contribution in [2.75, 3.05) is 26.8 Å². The van der Waals surface area contributed by atoms with Crippen molar-refractivity contribution in [3.8, 4) is 11.1 Å². The van der Waals surface area contributed by atoms with Gasteiger partial charge in [0.05, 0.1) is 18.7 Å². The second kappa shape index (κ2) is 7.34. The fourth-order valence-electron chi connectivity index (χ4n) is 3.35. The van der Waals surface area contributed by atoms with Crippen molar-refractivity contribution in [1.29, 1.82) is 0 Å². The zero-order valence-electron chi connectivity index (χ0n) is 13.8. The van der Waals surface area contributed by atoms with Crippen LogP contribution in [-0.2, 0) is 15.1 Å². The van der Waals surface area contributed by atoms with E-state index in [-0.39, 0.29) is 6.54 Å². The maximum atomic E-state index is 11.1. The van der Waals surface area contributed by atoms with Crippen molar-refractivity contribution in [3.63, 3.8) is 0 Å². The molecule has 2 aromatic rings. The lowest BCUT2D eigenvalue weighted by Crippen LogP contribution is -2.46. The number of carboxylic acids is 1. The van der Waals surface area contributed by atoms with Crippen LogP contribution in [0.2, 0.25) is 10.0 Å². The monoisotopic (exact) mass is 379 g/mol. The molecule has 132 valence electrons. The van der Waals surface area contributed by atoms with Crippen LogP contribution in [0.1, 0.15) is 12.0 Å². The Morgan fingerprint density at radius 1 is 1.16 bits per heavy atom. The fraction of sp³-hybridized carbons (Fsp3) is 0.316. The number of hydrogen-bond acceptors (Lipinski definition) is 3. The zero-order chi connectivity index (χ0) is 18.0. The molecule has 0 radical (unpaired) electrons. The molecule has 1 aliphatic heterocycles. The van der Waals surface area contributed by atoms with Crippen molar-refractivity contribution >= 4 is 29.2 Å². The molecule has 0 saturated carbocycles. The molecule has 0 aromatic heterocycles. The average molecular weight is 380 g/mol. The van der Waals surface area contributed by atoms with Gasteiger partial charge in [-0.1, -0.05) is 47.5 Å². The van der Waals surface area contributed by atoms with Crippen LogP contribution in [0.15, 0.2) is 42.5 Å². The molecule has 4 nitrogen and oxygen atoms in total. The molecule has 0 spiro atoms. The fourth-order valence-corrected chi connectivity index (χ4v) is 3.88. The van der Waals surface area contributed by atoms with Crippen LogP contribution in [0.4, 0.5) is 0 Å². The summed E-state index contributed by atoms with van der Waals surface area (Å²) >= 11 is 12.2. The lowest BCUT2D eigenvalue weighted by atomic mass is 9.86. The second-order valence-electron chi connectivity index (χ2n) is 6.32. The van der Waals surface area contributed by atoms with Crippen LogP contribution in [0.5, 0.6) is 0 Å². The number of hydrogen-bond donors (Lipinski definition) is 1. The highest BCUT2D eigenvalue weighted by molar-refractivity contribution is 6.35. The smallest absolute Gasteiger partial charge is 0.317 e. The minimum Gasteiger partial charge on any atom is -0.480 e. The molecule has 3 rings (SSSR count). The summed E-state index contributed by atoms with van der Waals surface area (Å²) in [5.41, 5.74) is 2.58. The minimum absolute atomic E-state index is 0.0327. The Morgan fingerprint density at radius 3 is 2.32 bits per heavy atom. The second-order valence-corrected chi connectivity index (χ2v) is 7.19. The first-order valence-electron chi connectivity index (χ1n) is 7.98. The van der Waals surface area contributed by atoms with Gasteiger partial charge in [-0.15, -0.1) is 0 Å². The van der Waals surface area contributed by atoms with Crippen LogP contribution in [0, 0.1) is 0 Å². The summed E-state index contributed by atoms with van der Waals surface area (Å²) < 4.78 is 5.59. The summed E-state index contributed by atoms with van der Waals surface area (Å²) in [6.07, 6.45) is 0.763. The van der Waals surface area contributed by atoms with Crippen LogP contribution in [0.25, 0.3) is 11.1 Å². The van der Waals surface area contributed by atoms with E-state index in [1.165, 1.54) is 0 Å². The van der Waals surface area contributed by atoms with E-state index in [1.807, 2.05) is 48.3 Å². The molecule has 2 aromatic carbocycles. The molecule has 1 heterocycles. The highest BCUT2D eigenvalue weighted by Crippen LogP contribution is 2.37. The number of likely N-dealkylation sites (N-methyl/N-ethyl adjacent to an activating group) is 1. The summed E-state index contributed by atoms with van der Waals surface area (Å²) in [6.45, 7) is 1.07. The molecule has 0 aliphatic carbocycles. The Labute approximate surface area is 156 Å². The molecule has 1 aliphatic rings. The lowest BCUT2D eigenvalue weighted by Gasteiger charge is -2.37. The van der Waals surface area contributed by atoms with Gasteiger partial charge in [0, 0.05) is 16.7 Å². The first kappa shape index (κ1) is 18.2. The molecule has 1 fully saturated rings. The molecule has 1 saturated heterocycles. The van der Waals surface area contributed by atoms with E-state index in [0.29, 0.717) is 23.3 Å². The highest BCUT2D eigenvalue weighted by atomic mass is 35.5. The van der Waals surface area contributed by atoms with Crippen LogP contribution >= 0.6 is 23.2 Å². The third-order valence-electron chi connectivity index (χ3n) is 4.72. The topological polar surface area (TPSA) is 49.8 Å². The zero-order valence-corrected chi connectivity index (χ0v) is 15.3. The van der Waals surface area contributed by atoms with Crippen molar-refractivity contribution in [1.82, 2.24) is 4.90 Å². The van der Waals surface area contributed by atoms with Gasteiger partial charge in [-0.3, -0.25) is 9.69 Å². The van der Waals surface area contributed by atoms with E-state index in [2.05, 4.69) is 0 Å². The number of benzene rings is 2. The lowest BCUT2D eigenvalue weighted by molar-refractivity contribution is -0.139. The summed E-state index contributed by atoms with van der Waals surface area (Å²) in [4.78, 5) is 13.0. The molecule has 1 atom stereocenters. The van der Waals surface area contributed by atoms with Gasteiger partial charge in [0.1, 0.15) is 0 Å². The standard InChI is InChI=1S/C19H19Cl2NO3/c1-22(11-18(23)24)19(6-7-25-12-19)15-4-2-13(3-5-15)14-8-16(20)10-17(21)9-14/h2-5,8-10H,6-7,11-12H2,1H3,(H,23,24). The number of halogens is 2. The number of carboxylic acid groups (broad SMARTS) is 1. The largest absolute Gasteiger partial charge is 0.480 e. The molecular weight excluding hydrogens is 361 g/mol. The summed E-state index contributed by atoms with van der Waals surface area (Å²) in [5.74, 6) is -0.848. The van der Waals surface area contributed by atoms with Gasteiger partial charge in [0.25, 0.3) is 0 Å². The molecular formula is C19H19Cl2NO3. The van der Waals surface area contributed by atoms with Gasteiger partial charge in [0.2, 0.25) is 0 Å². The predicted molar refractivity (Wildman–Crippen MR) is 99.3 cm³/mol. The van der Waals surface area contributed by atoms with Crippen molar-refractivity contribution in [3.05, 3.63) is 58.1 Å². The molecule has 25 heavy (non-hydrogen) atoms. The first-order valence-corrected chi connectivity index (χ1v) is 8.74. The SMILES string of the molecule is CN(CC(=O)O)C1(c2ccc(-c3cc(Cl)cc(Cl)c3)cc2)CCOC1. The van der Waals surface area contributed by atoms with Crippen LogP contribution < -0.4 is 0 Å². The Morgan fingerprint density at radius 2 is 1.80 bits per heavy atom. The molecule has 1 N–H and O–H groups in total. The summed E-state index contributed by atoms with van der Waals surface area (Å²) in [5, 5.41) is 10.3. The average Bonchev–Trinajstić information content (AvgIpc) is 3.04. The van der Waals surface area contributed by atoms with E-state index >= 15 is 0 Å². The van der Waals surface area contributed by atoms with Gasteiger partial charge in [-0.05, 0) is 48.4 Å². The van der Waals surface area contributed by atoms with E-state index in [4.69, 9.17) is 33.0 Å². The molecule has 0 bridgehead atoms. The number of carbonyl (C=O) groups is 1. The normalized spacial score (nSPS) is 20.2. The maximum absolute atomic E-state index is 11.1. The van der Waals surface area contributed by atoms with E-state index in [0.717, 1.165) is 23.1 Å². The van der Waals surface area contributed by atoms with Gasteiger partial charge in [0.15, 0.2) is 0 Å². The van der Waals surface area contributed by atoms with E-state index < -0.39 is 11.5 Å². The van der Waals surface area contributed by atoms with Crippen molar-refractivity contribution in [2.24, 2.45) is 0 Å². The van der Waals surface area contributed by atoms with Gasteiger partial charge in [-0.2, -0.15) is 0 Å². The number of rotatable bonds is 5. The van der Waals surface area contributed by atoms with E-state index in [1.54, 1.807) is 6.07 Å². The van der Waals surface area contributed by atoms with Crippen LogP contribution in [-0.4, -0.2) is 42.8 Å². The number of ether oxygens (including phenoxy) is 1. The quantitative estimate of drug-likeness (QED) is 0.841. The number of nitrogens with zero attached hydrogens (tertiary/aromatic N) is 1. The first-order chi connectivity index (χ1) is 11.9. The Kier molecular flexibility index (Phi) is 5.35. The van der Waals surface area contributed by atoms with Gasteiger partial charge < -0.3 is 9.84 Å². The Hall–Kier alpha value is -1.59. The maximum Gasteiger partial charge on any atom is 0.317 e. The predicted octanol–water partition coefficient (Wildman–Crippen LogP) is 4.29. The Bertz CT molecular complexity index is 750. The van der Waals surface area contributed by atoms with Crippen LogP contribution in [0.3, 0.4) is 0 Å². The molecule has 6 heteroatoms. The van der Waals surface area contributed by atoms with E-state index in [9.17, 15) is 4.79 Å². The summed E-state index contributed by atoms with van der Waals surface area (Å²) in [7, 11) is 1.83. The highest BCUT2D eigenvalue weighted by Gasteiger charge is 2.41. The molecule has 1 unspecified atom stereocenters. The molecule has 0 amide bonds.